The van der Waals surface area contributed by atoms with Crippen LogP contribution in [0.1, 0.15) is 37.8 Å². The number of nitrogens with zero attached hydrogens (tertiary/aromatic N) is 2. The molecule has 0 bridgehead atoms. The summed E-state index contributed by atoms with van der Waals surface area (Å²) < 4.78 is 15.0. The average molecular weight is 330 g/mol. The minimum Gasteiger partial charge on any atom is -0.330 e. The number of nitrogens with one attached hydrogen (secondary N) is 1. The molecular weight excluding hydrogens is 303 g/mol. The van der Waals surface area contributed by atoms with E-state index in [9.17, 15) is 4.39 Å². The fraction of sp³-hybridized carbons (Fsp3) is 0.526. The van der Waals surface area contributed by atoms with Crippen LogP contribution >= 0.6 is 0 Å². The monoisotopic (exact) mass is 330 g/mol. The lowest BCUT2D eigenvalue weighted by molar-refractivity contribution is 0.276. The lowest BCUT2D eigenvalue weighted by atomic mass is 9.84. The molecule has 0 aliphatic heterocycles. The van der Waals surface area contributed by atoms with Gasteiger partial charge in [-0.25, -0.2) is 9.07 Å². The first-order chi connectivity index (χ1) is 11.7. The Labute approximate surface area is 143 Å². The third-order valence-corrected chi connectivity index (χ3v) is 4.89. The largest absolute Gasteiger partial charge is 0.330 e. The standard InChI is InChI=1S/C19H27FN4/c20-16-4-2-6-19(14-16)24-12-9-17(23-24)8-11-22-18-5-1-3-15(13-18)7-10-21/h2,4,6,9,12,14-15,18,22H,1,3,5,7-8,10-11,13,21H2. The van der Waals surface area contributed by atoms with Crippen LogP contribution in [0.15, 0.2) is 36.5 Å². The molecule has 5 heteroatoms. The Balaban J connectivity index is 1.47. The molecule has 0 radical (unpaired) electrons. The molecule has 4 nitrogen and oxygen atoms in total. The maximum absolute atomic E-state index is 13.3. The van der Waals surface area contributed by atoms with Crippen LogP contribution in [0.2, 0.25) is 0 Å². The summed E-state index contributed by atoms with van der Waals surface area (Å²) in [4.78, 5) is 0. The van der Waals surface area contributed by atoms with Crippen molar-refractivity contribution >= 4 is 0 Å². The van der Waals surface area contributed by atoms with Crippen molar-refractivity contribution in [1.82, 2.24) is 15.1 Å². The third-order valence-electron chi connectivity index (χ3n) is 4.89. The molecule has 1 aliphatic rings. The van der Waals surface area contributed by atoms with E-state index in [1.807, 2.05) is 18.3 Å². The summed E-state index contributed by atoms with van der Waals surface area (Å²) in [6.45, 7) is 1.73. The zero-order chi connectivity index (χ0) is 16.8. The van der Waals surface area contributed by atoms with Gasteiger partial charge in [0.25, 0.3) is 0 Å². The Kier molecular flexibility index (Phi) is 5.99. The molecule has 1 saturated carbocycles. The Hall–Kier alpha value is -1.72. The van der Waals surface area contributed by atoms with Crippen LogP contribution in [0, 0.1) is 11.7 Å². The molecule has 0 saturated heterocycles. The molecule has 2 unspecified atom stereocenters. The summed E-state index contributed by atoms with van der Waals surface area (Å²) >= 11 is 0. The maximum atomic E-state index is 13.3. The van der Waals surface area contributed by atoms with E-state index in [1.165, 1.54) is 37.8 Å². The number of aromatic nitrogens is 2. The summed E-state index contributed by atoms with van der Waals surface area (Å²) in [7, 11) is 0. The highest BCUT2D eigenvalue weighted by molar-refractivity contribution is 5.31. The topological polar surface area (TPSA) is 55.9 Å². The highest BCUT2D eigenvalue weighted by atomic mass is 19.1. The number of nitrogens with two attached hydrogens (primary N) is 1. The Morgan fingerprint density at radius 1 is 1.29 bits per heavy atom. The normalized spacial score (nSPS) is 21.1. The van der Waals surface area contributed by atoms with E-state index in [0.29, 0.717) is 6.04 Å². The molecule has 24 heavy (non-hydrogen) atoms. The minimum absolute atomic E-state index is 0.240. The molecule has 0 amide bonds. The van der Waals surface area contributed by atoms with Crippen molar-refractivity contribution < 1.29 is 4.39 Å². The van der Waals surface area contributed by atoms with Crippen LogP contribution in [0.25, 0.3) is 5.69 Å². The van der Waals surface area contributed by atoms with Gasteiger partial charge in [0.2, 0.25) is 0 Å². The molecule has 3 N–H and O–H groups in total. The van der Waals surface area contributed by atoms with Gasteiger partial charge >= 0.3 is 0 Å². The van der Waals surface area contributed by atoms with E-state index in [4.69, 9.17) is 5.73 Å². The number of rotatable bonds is 7. The second-order valence-electron chi connectivity index (χ2n) is 6.74. The molecule has 1 heterocycles. The summed E-state index contributed by atoms with van der Waals surface area (Å²) in [5.41, 5.74) is 7.47. The first kappa shape index (κ1) is 17.1. The van der Waals surface area contributed by atoms with Gasteiger partial charge in [0, 0.05) is 25.2 Å². The highest BCUT2D eigenvalue weighted by Gasteiger charge is 2.20. The zero-order valence-electron chi connectivity index (χ0n) is 14.1. The molecule has 3 rings (SSSR count). The van der Waals surface area contributed by atoms with E-state index < -0.39 is 0 Å². The summed E-state index contributed by atoms with van der Waals surface area (Å²) in [5.74, 6) is 0.545. The van der Waals surface area contributed by atoms with Crippen LogP contribution in [0.4, 0.5) is 4.39 Å². The van der Waals surface area contributed by atoms with Crippen molar-refractivity contribution in [2.75, 3.05) is 13.1 Å². The molecule has 2 atom stereocenters. The second kappa shape index (κ2) is 8.40. The fourth-order valence-electron chi connectivity index (χ4n) is 3.64. The quantitative estimate of drug-likeness (QED) is 0.820. The molecule has 1 aromatic heterocycles. The predicted octanol–water partition coefficient (Wildman–Crippen LogP) is 3.05. The second-order valence-corrected chi connectivity index (χ2v) is 6.74. The Morgan fingerprint density at radius 3 is 3.04 bits per heavy atom. The zero-order valence-corrected chi connectivity index (χ0v) is 14.1. The van der Waals surface area contributed by atoms with E-state index >= 15 is 0 Å². The van der Waals surface area contributed by atoms with Gasteiger partial charge in [-0.3, -0.25) is 0 Å². The van der Waals surface area contributed by atoms with Gasteiger partial charge in [0.1, 0.15) is 5.82 Å². The Morgan fingerprint density at radius 2 is 2.21 bits per heavy atom. The summed E-state index contributed by atoms with van der Waals surface area (Å²) in [6, 6.07) is 9.12. The van der Waals surface area contributed by atoms with E-state index in [-0.39, 0.29) is 5.82 Å². The molecule has 130 valence electrons. The van der Waals surface area contributed by atoms with Crippen molar-refractivity contribution in [2.45, 2.75) is 44.6 Å². The first-order valence-corrected chi connectivity index (χ1v) is 8.98. The van der Waals surface area contributed by atoms with Crippen molar-refractivity contribution in [3.05, 3.63) is 48.0 Å². The van der Waals surface area contributed by atoms with E-state index in [2.05, 4.69) is 10.4 Å². The van der Waals surface area contributed by atoms with Crippen molar-refractivity contribution in [3.8, 4) is 5.69 Å². The van der Waals surface area contributed by atoms with Crippen molar-refractivity contribution in [1.29, 1.82) is 0 Å². The lowest BCUT2D eigenvalue weighted by Gasteiger charge is -2.29. The lowest BCUT2D eigenvalue weighted by Crippen LogP contribution is -2.35. The van der Waals surface area contributed by atoms with Gasteiger partial charge in [-0.2, -0.15) is 5.10 Å². The third kappa shape index (κ3) is 4.65. The van der Waals surface area contributed by atoms with Crippen LogP contribution in [0.5, 0.6) is 0 Å². The average Bonchev–Trinajstić information content (AvgIpc) is 3.05. The molecule has 0 spiro atoms. The van der Waals surface area contributed by atoms with Crippen molar-refractivity contribution in [2.24, 2.45) is 11.7 Å². The van der Waals surface area contributed by atoms with Gasteiger partial charge in [0.05, 0.1) is 11.4 Å². The highest BCUT2D eigenvalue weighted by Crippen LogP contribution is 2.26. The van der Waals surface area contributed by atoms with Crippen LogP contribution in [-0.4, -0.2) is 28.9 Å². The summed E-state index contributed by atoms with van der Waals surface area (Å²) in [5, 5.41) is 8.21. The van der Waals surface area contributed by atoms with Crippen molar-refractivity contribution in [3.63, 3.8) is 0 Å². The Bertz CT molecular complexity index is 638. The van der Waals surface area contributed by atoms with Gasteiger partial charge in [0.15, 0.2) is 0 Å². The minimum atomic E-state index is -0.240. The molecule has 2 aromatic rings. The molecule has 1 aromatic carbocycles. The van der Waals surface area contributed by atoms with E-state index in [1.54, 1.807) is 10.7 Å². The number of hydrogen-bond donors (Lipinski definition) is 2. The van der Waals surface area contributed by atoms with Gasteiger partial charge in [-0.1, -0.05) is 18.9 Å². The van der Waals surface area contributed by atoms with E-state index in [0.717, 1.165) is 43.2 Å². The predicted molar refractivity (Wildman–Crippen MR) is 94.6 cm³/mol. The van der Waals surface area contributed by atoms with Gasteiger partial charge in [-0.15, -0.1) is 0 Å². The first-order valence-electron chi connectivity index (χ1n) is 8.98. The number of hydrogen-bond acceptors (Lipinski definition) is 3. The maximum Gasteiger partial charge on any atom is 0.125 e. The molecule has 1 aliphatic carbocycles. The smallest absolute Gasteiger partial charge is 0.125 e. The SMILES string of the molecule is NCCC1CCCC(NCCc2ccn(-c3cccc(F)c3)n2)C1. The number of halogens is 1. The summed E-state index contributed by atoms with van der Waals surface area (Å²) in [6.07, 6.45) is 9.07. The van der Waals surface area contributed by atoms with Crippen LogP contribution in [0.3, 0.4) is 0 Å². The van der Waals surface area contributed by atoms with Gasteiger partial charge < -0.3 is 11.1 Å². The van der Waals surface area contributed by atoms with Crippen LogP contribution < -0.4 is 11.1 Å². The fourth-order valence-corrected chi connectivity index (χ4v) is 3.64. The molecule has 1 fully saturated rings. The number of benzene rings is 1. The molecular formula is C19H27FN4. The van der Waals surface area contributed by atoms with Crippen LogP contribution in [-0.2, 0) is 6.42 Å². The van der Waals surface area contributed by atoms with Gasteiger partial charge in [-0.05, 0) is 56.0 Å².